The fourth-order valence-electron chi connectivity index (χ4n) is 3.55. The number of piperazine rings is 1. The molecule has 1 amide bonds. The maximum absolute atomic E-state index is 11.9. The highest BCUT2D eigenvalue weighted by Gasteiger charge is 2.21. The Bertz CT molecular complexity index is 876. The molecule has 0 unspecified atom stereocenters. The molecule has 1 saturated heterocycles. The standard InChI is InChI=1S/C22H27N3O4/c1-3-6-21(26)23-18-10-9-16(15-17(18)22(27)28)24-11-13-25(14-12-24)19-7-4-5-8-20(19)29-2/h4-5,7-10,15H,3,6,11-14H2,1-2H3,(H,23,26)(H,27,28). The number of carbonyl (C=O) groups excluding carboxylic acids is 1. The minimum Gasteiger partial charge on any atom is -0.495 e. The first-order valence-corrected chi connectivity index (χ1v) is 9.83. The molecule has 1 aliphatic heterocycles. The van der Waals surface area contributed by atoms with Crippen LogP contribution in [-0.2, 0) is 4.79 Å². The van der Waals surface area contributed by atoms with Crippen molar-refractivity contribution >= 4 is 28.9 Å². The number of ether oxygens (including phenoxy) is 1. The number of hydrogen-bond acceptors (Lipinski definition) is 5. The fraction of sp³-hybridized carbons (Fsp3) is 0.364. The lowest BCUT2D eigenvalue weighted by Gasteiger charge is -2.38. The highest BCUT2D eigenvalue weighted by Crippen LogP contribution is 2.30. The van der Waals surface area contributed by atoms with E-state index in [-0.39, 0.29) is 11.5 Å². The van der Waals surface area contributed by atoms with E-state index < -0.39 is 5.97 Å². The number of anilines is 3. The summed E-state index contributed by atoms with van der Waals surface area (Å²) in [6.07, 6.45) is 1.08. The highest BCUT2D eigenvalue weighted by molar-refractivity contribution is 6.01. The van der Waals surface area contributed by atoms with Crippen molar-refractivity contribution in [1.29, 1.82) is 0 Å². The Kier molecular flexibility index (Phi) is 6.59. The third-order valence-corrected chi connectivity index (χ3v) is 5.06. The molecule has 0 bridgehead atoms. The van der Waals surface area contributed by atoms with Crippen molar-refractivity contribution in [3.63, 3.8) is 0 Å². The quantitative estimate of drug-likeness (QED) is 0.745. The summed E-state index contributed by atoms with van der Waals surface area (Å²) in [5, 5.41) is 12.3. The molecule has 1 aliphatic rings. The van der Waals surface area contributed by atoms with Crippen LogP contribution in [0.4, 0.5) is 17.1 Å². The Labute approximate surface area is 170 Å². The Morgan fingerprint density at radius 2 is 1.76 bits per heavy atom. The second-order valence-corrected chi connectivity index (χ2v) is 6.98. The van der Waals surface area contributed by atoms with E-state index in [2.05, 4.69) is 15.1 Å². The number of rotatable bonds is 7. The molecule has 2 aromatic rings. The van der Waals surface area contributed by atoms with Gasteiger partial charge in [0.05, 0.1) is 24.0 Å². The summed E-state index contributed by atoms with van der Waals surface area (Å²) in [6.45, 7) is 5.04. The summed E-state index contributed by atoms with van der Waals surface area (Å²) >= 11 is 0. The van der Waals surface area contributed by atoms with Crippen LogP contribution >= 0.6 is 0 Å². The van der Waals surface area contributed by atoms with Crippen LogP contribution in [0.25, 0.3) is 0 Å². The molecule has 0 aromatic heterocycles. The van der Waals surface area contributed by atoms with Crippen molar-refractivity contribution in [1.82, 2.24) is 0 Å². The Hall–Kier alpha value is -3.22. The second-order valence-electron chi connectivity index (χ2n) is 6.98. The number of carboxylic acid groups (broad SMARTS) is 1. The van der Waals surface area contributed by atoms with Gasteiger partial charge in [0.2, 0.25) is 5.91 Å². The van der Waals surface area contributed by atoms with E-state index >= 15 is 0 Å². The third kappa shape index (κ3) is 4.80. The van der Waals surface area contributed by atoms with Crippen molar-refractivity contribution in [2.75, 3.05) is 48.4 Å². The summed E-state index contributed by atoms with van der Waals surface area (Å²) in [6, 6.07) is 13.1. The largest absolute Gasteiger partial charge is 0.495 e. The number of amides is 1. The van der Waals surface area contributed by atoms with Crippen LogP contribution in [0.2, 0.25) is 0 Å². The summed E-state index contributed by atoms with van der Waals surface area (Å²) < 4.78 is 5.46. The number of nitrogens with one attached hydrogen (secondary N) is 1. The highest BCUT2D eigenvalue weighted by atomic mass is 16.5. The monoisotopic (exact) mass is 397 g/mol. The van der Waals surface area contributed by atoms with Crippen LogP contribution < -0.4 is 19.9 Å². The van der Waals surface area contributed by atoms with Crippen molar-refractivity contribution in [3.8, 4) is 5.75 Å². The van der Waals surface area contributed by atoms with E-state index in [9.17, 15) is 14.7 Å². The molecular formula is C22H27N3O4. The first-order chi connectivity index (χ1) is 14.0. The number of hydrogen-bond donors (Lipinski definition) is 2. The topological polar surface area (TPSA) is 82.1 Å². The molecule has 1 fully saturated rings. The van der Waals surface area contributed by atoms with Gasteiger partial charge < -0.3 is 25.0 Å². The minimum absolute atomic E-state index is 0.110. The molecule has 3 rings (SSSR count). The first-order valence-electron chi connectivity index (χ1n) is 9.83. The molecule has 2 N–H and O–H groups in total. The molecule has 1 heterocycles. The van der Waals surface area contributed by atoms with Gasteiger partial charge in [-0.15, -0.1) is 0 Å². The molecular weight excluding hydrogens is 370 g/mol. The maximum Gasteiger partial charge on any atom is 0.337 e. The number of carbonyl (C=O) groups is 2. The Morgan fingerprint density at radius 3 is 2.41 bits per heavy atom. The molecule has 0 spiro atoms. The molecule has 7 nitrogen and oxygen atoms in total. The zero-order chi connectivity index (χ0) is 20.8. The second kappa shape index (κ2) is 9.32. The average Bonchev–Trinajstić information content (AvgIpc) is 2.74. The molecule has 0 aliphatic carbocycles. The normalized spacial score (nSPS) is 13.9. The molecule has 2 aromatic carbocycles. The van der Waals surface area contributed by atoms with Gasteiger partial charge in [0.1, 0.15) is 5.75 Å². The molecule has 154 valence electrons. The average molecular weight is 397 g/mol. The number of para-hydroxylation sites is 2. The van der Waals surface area contributed by atoms with Crippen molar-refractivity contribution in [3.05, 3.63) is 48.0 Å². The lowest BCUT2D eigenvalue weighted by atomic mass is 10.1. The van der Waals surface area contributed by atoms with E-state index in [1.165, 1.54) is 0 Å². The third-order valence-electron chi connectivity index (χ3n) is 5.06. The van der Waals surface area contributed by atoms with Gasteiger partial charge in [-0.1, -0.05) is 19.1 Å². The van der Waals surface area contributed by atoms with Gasteiger partial charge in [-0.3, -0.25) is 4.79 Å². The van der Waals surface area contributed by atoms with E-state index in [0.717, 1.165) is 43.3 Å². The summed E-state index contributed by atoms with van der Waals surface area (Å²) in [5.41, 5.74) is 2.36. The van der Waals surface area contributed by atoms with Gasteiger partial charge in [0.25, 0.3) is 0 Å². The smallest absolute Gasteiger partial charge is 0.337 e. The Morgan fingerprint density at radius 1 is 1.07 bits per heavy atom. The molecule has 0 atom stereocenters. The summed E-state index contributed by atoms with van der Waals surface area (Å²) in [4.78, 5) is 28.0. The van der Waals surface area contributed by atoms with Crippen LogP contribution in [0.5, 0.6) is 5.75 Å². The van der Waals surface area contributed by atoms with Gasteiger partial charge in [-0.05, 0) is 36.8 Å². The van der Waals surface area contributed by atoms with Crippen LogP contribution in [0.3, 0.4) is 0 Å². The lowest BCUT2D eigenvalue weighted by molar-refractivity contribution is -0.116. The molecule has 29 heavy (non-hydrogen) atoms. The Balaban J connectivity index is 1.72. The van der Waals surface area contributed by atoms with Crippen LogP contribution in [-0.4, -0.2) is 50.3 Å². The van der Waals surface area contributed by atoms with Crippen LogP contribution in [0, 0.1) is 0 Å². The first kappa shape index (κ1) is 20.5. The van der Waals surface area contributed by atoms with E-state index in [4.69, 9.17) is 4.74 Å². The van der Waals surface area contributed by atoms with E-state index in [1.807, 2.05) is 37.3 Å². The zero-order valence-corrected chi connectivity index (χ0v) is 16.9. The van der Waals surface area contributed by atoms with E-state index in [1.54, 1.807) is 19.2 Å². The van der Waals surface area contributed by atoms with Crippen molar-refractivity contribution < 1.29 is 19.4 Å². The number of carboxylic acids is 1. The van der Waals surface area contributed by atoms with Gasteiger partial charge in [-0.25, -0.2) is 4.79 Å². The number of benzene rings is 2. The zero-order valence-electron chi connectivity index (χ0n) is 16.9. The fourth-order valence-corrected chi connectivity index (χ4v) is 3.55. The lowest BCUT2D eigenvalue weighted by Crippen LogP contribution is -2.46. The number of methoxy groups -OCH3 is 1. The number of aromatic carboxylic acids is 1. The molecule has 7 heteroatoms. The maximum atomic E-state index is 11.9. The minimum atomic E-state index is -1.05. The SMILES string of the molecule is CCCC(=O)Nc1ccc(N2CCN(c3ccccc3OC)CC2)cc1C(=O)O. The van der Waals surface area contributed by atoms with Gasteiger partial charge in [0, 0.05) is 38.3 Å². The van der Waals surface area contributed by atoms with Crippen molar-refractivity contribution in [2.24, 2.45) is 0 Å². The predicted molar refractivity (Wildman–Crippen MR) is 114 cm³/mol. The van der Waals surface area contributed by atoms with Crippen LogP contribution in [0.1, 0.15) is 30.1 Å². The van der Waals surface area contributed by atoms with Gasteiger partial charge >= 0.3 is 5.97 Å². The van der Waals surface area contributed by atoms with Crippen molar-refractivity contribution in [2.45, 2.75) is 19.8 Å². The van der Waals surface area contributed by atoms with Crippen LogP contribution in [0.15, 0.2) is 42.5 Å². The number of nitrogens with zero attached hydrogens (tertiary/aromatic N) is 2. The van der Waals surface area contributed by atoms with E-state index in [0.29, 0.717) is 18.5 Å². The van der Waals surface area contributed by atoms with Gasteiger partial charge in [0.15, 0.2) is 0 Å². The predicted octanol–water partition coefficient (Wildman–Crippen LogP) is 3.46. The van der Waals surface area contributed by atoms with Gasteiger partial charge in [-0.2, -0.15) is 0 Å². The summed E-state index contributed by atoms with van der Waals surface area (Å²) in [7, 11) is 1.67. The molecule has 0 saturated carbocycles. The summed E-state index contributed by atoms with van der Waals surface area (Å²) in [5.74, 6) is -0.374. The molecule has 0 radical (unpaired) electrons.